The molecule has 0 aliphatic carbocycles. The molecule has 0 bridgehead atoms. The summed E-state index contributed by atoms with van der Waals surface area (Å²) in [6.07, 6.45) is 3.72. The van der Waals surface area contributed by atoms with Crippen LogP contribution in [0.25, 0.3) is 11.5 Å². The van der Waals surface area contributed by atoms with Gasteiger partial charge in [-0.3, -0.25) is 4.79 Å². The van der Waals surface area contributed by atoms with E-state index in [0.717, 1.165) is 17.8 Å². The smallest absolute Gasteiger partial charge is 0.306 e. The van der Waals surface area contributed by atoms with E-state index in [1.165, 1.54) is 0 Å². The number of carboxylic acids is 1. The number of anilines is 1. The minimum Gasteiger partial charge on any atom is -0.481 e. The first-order valence-electron chi connectivity index (χ1n) is 7.44. The van der Waals surface area contributed by atoms with Crippen LogP contribution in [-0.2, 0) is 11.2 Å². The van der Waals surface area contributed by atoms with E-state index in [9.17, 15) is 4.79 Å². The molecule has 0 amide bonds. The Morgan fingerprint density at radius 2 is 2.23 bits per heavy atom. The number of rotatable bonds is 4. The molecule has 1 aliphatic rings. The lowest BCUT2D eigenvalue weighted by Crippen LogP contribution is -2.36. The van der Waals surface area contributed by atoms with Gasteiger partial charge in [-0.1, -0.05) is 12.1 Å². The molecule has 1 saturated heterocycles. The second-order valence-corrected chi connectivity index (χ2v) is 5.37. The van der Waals surface area contributed by atoms with E-state index < -0.39 is 5.97 Å². The normalized spacial score (nSPS) is 16.0. The van der Waals surface area contributed by atoms with E-state index in [1.807, 2.05) is 19.1 Å². The number of nitrogens with zero attached hydrogens (tertiary/aromatic N) is 4. The number of hydrogen-bond acceptors (Lipinski definition) is 6. The Kier molecular flexibility index (Phi) is 4.04. The van der Waals surface area contributed by atoms with Gasteiger partial charge in [0.15, 0.2) is 5.82 Å². The van der Waals surface area contributed by atoms with E-state index in [-0.39, 0.29) is 5.92 Å². The number of pyridine rings is 1. The van der Waals surface area contributed by atoms with Crippen molar-refractivity contribution in [1.29, 1.82) is 0 Å². The van der Waals surface area contributed by atoms with Crippen LogP contribution >= 0.6 is 0 Å². The van der Waals surface area contributed by atoms with Gasteiger partial charge < -0.3 is 14.5 Å². The molecule has 0 saturated carbocycles. The second kappa shape index (κ2) is 6.13. The van der Waals surface area contributed by atoms with Gasteiger partial charge in [0.2, 0.25) is 0 Å². The first kappa shape index (κ1) is 14.5. The van der Waals surface area contributed by atoms with E-state index >= 15 is 0 Å². The summed E-state index contributed by atoms with van der Waals surface area (Å²) >= 11 is 0. The van der Waals surface area contributed by atoms with Crippen LogP contribution in [0.15, 0.2) is 22.9 Å². The third kappa shape index (κ3) is 2.93. The van der Waals surface area contributed by atoms with Crippen molar-refractivity contribution in [2.45, 2.75) is 26.2 Å². The fourth-order valence-electron chi connectivity index (χ4n) is 2.59. The Morgan fingerprint density at radius 1 is 1.45 bits per heavy atom. The fraction of sp³-hybridized carbons (Fsp3) is 0.467. The van der Waals surface area contributed by atoms with Gasteiger partial charge in [0.05, 0.1) is 5.92 Å². The van der Waals surface area contributed by atoms with Crippen molar-refractivity contribution < 1.29 is 14.4 Å². The van der Waals surface area contributed by atoms with Crippen molar-refractivity contribution in [3.05, 3.63) is 24.2 Å². The highest BCUT2D eigenvalue weighted by Crippen LogP contribution is 2.25. The molecule has 0 unspecified atom stereocenters. The molecule has 22 heavy (non-hydrogen) atoms. The average Bonchev–Trinajstić information content (AvgIpc) is 3.04. The molecule has 1 aliphatic heterocycles. The molecule has 0 radical (unpaired) electrons. The third-order valence-electron chi connectivity index (χ3n) is 3.94. The van der Waals surface area contributed by atoms with Crippen molar-refractivity contribution in [3.8, 4) is 11.5 Å². The summed E-state index contributed by atoms with van der Waals surface area (Å²) in [5.41, 5.74) is 0.831. The summed E-state index contributed by atoms with van der Waals surface area (Å²) in [6, 6.07) is 3.74. The molecule has 0 aromatic carbocycles. The highest BCUT2D eigenvalue weighted by atomic mass is 16.5. The third-order valence-corrected chi connectivity index (χ3v) is 3.94. The molecule has 2 aromatic heterocycles. The maximum absolute atomic E-state index is 11.0. The molecule has 7 nitrogen and oxygen atoms in total. The number of hydrogen-bond donors (Lipinski definition) is 1. The van der Waals surface area contributed by atoms with Crippen LogP contribution in [0.1, 0.15) is 25.6 Å². The molecule has 1 N–H and O–H groups in total. The minimum atomic E-state index is -0.709. The van der Waals surface area contributed by atoms with Crippen molar-refractivity contribution in [2.24, 2.45) is 5.92 Å². The zero-order valence-electron chi connectivity index (χ0n) is 12.4. The summed E-state index contributed by atoms with van der Waals surface area (Å²) in [6.45, 7) is 3.36. The predicted octanol–water partition coefficient (Wildman–Crippen LogP) is 1.99. The average molecular weight is 302 g/mol. The molecule has 7 heteroatoms. The maximum Gasteiger partial charge on any atom is 0.306 e. The fourth-order valence-corrected chi connectivity index (χ4v) is 2.59. The highest BCUT2D eigenvalue weighted by Gasteiger charge is 2.25. The molecule has 116 valence electrons. The van der Waals surface area contributed by atoms with Gasteiger partial charge in [-0.15, -0.1) is 0 Å². The Hall–Kier alpha value is -2.44. The summed E-state index contributed by atoms with van der Waals surface area (Å²) in [5, 5.41) is 12.9. The maximum atomic E-state index is 11.0. The van der Waals surface area contributed by atoms with Crippen LogP contribution in [0.5, 0.6) is 0 Å². The van der Waals surface area contributed by atoms with Gasteiger partial charge in [-0.25, -0.2) is 4.98 Å². The van der Waals surface area contributed by atoms with E-state index in [0.29, 0.717) is 37.6 Å². The van der Waals surface area contributed by atoms with Crippen LogP contribution < -0.4 is 4.90 Å². The Bertz CT molecular complexity index is 662. The van der Waals surface area contributed by atoms with Crippen LogP contribution in [0.4, 0.5) is 5.82 Å². The van der Waals surface area contributed by atoms with Gasteiger partial charge in [0.1, 0.15) is 5.82 Å². The largest absolute Gasteiger partial charge is 0.481 e. The van der Waals surface area contributed by atoms with E-state index in [1.54, 1.807) is 6.20 Å². The summed E-state index contributed by atoms with van der Waals surface area (Å²) in [5.74, 6) is 1.02. The summed E-state index contributed by atoms with van der Waals surface area (Å²) in [4.78, 5) is 21.8. The monoisotopic (exact) mass is 302 g/mol. The quantitative estimate of drug-likeness (QED) is 0.923. The number of carbonyl (C=O) groups is 1. The Balaban J connectivity index is 1.76. The van der Waals surface area contributed by atoms with Gasteiger partial charge in [0.25, 0.3) is 5.89 Å². The first-order valence-corrected chi connectivity index (χ1v) is 7.44. The molecule has 0 atom stereocenters. The second-order valence-electron chi connectivity index (χ2n) is 5.37. The van der Waals surface area contributed by atoms with Gasteiger partial charge in [0, 0.05) is 31.3 Å². The molecule has 3 rings (SSSR count). The minimum absolute atomic E-state index is 0.248. The Morgan fingerprint density at radius 3 is 2.86 bits per heavy atom. The van der Waals surface area contributed by atoms with Crippen molar-refractivity contribution in [1.82, 2.24) is 15.1 Å². The standard InChI is InChI=1S/C15H18N4O3/c1-2-12-17-14(22-18-12)11-3-6-16-13(9-11)19-7-4-10(5-8-19)15(20)21/h3,6,9-10H,2,4-5,7-8H2,1H3,(H,20,21). The predicted molar refractivity (Wildman–Crippen MR) is 79.5 cm³/mol. The number of carboxylic acid groups (broad SMARTS) is 1. The molecule has 2 aromatic rings. The van der Waals surface area contributed by atoms with Crippen LogP contribution in [0.3, 0.4) is 0 Å². The zero-order chi connectivity index (χ0) is 15.5. The highest BCUT2D eigenvalue weighted by molar-refractivity contribution is 5.70. The van der Waals surface area contributed by atoms with Crippen LogP contribution in [0.2, 0.25) is 0 Å². The number of aryl methyl sites for hydroxylation is 1. The zero-order valence-corrected chi connectivity index (χ0v) is 12.4. The number of aromatic nitrogens is 3. The summed E-state index contributed by atoms with van der Waals surface area (Å²) < 4.78 is 5.25. The van der Waals surface area contributed by atoms with E-state index in [4.69, 9.17) is 9.63 Å². The van der Waals surface area contributed by atoms with Crippen molar-refractivity contribution >= 4 is 11.8 Å². The molecule has 1 fully saturated rings. The first-order chi connectivity index (χ1) is 10.7. The van der Waals surface area contributed by atoms with Gasteiger partial charge >= 0.3 is 5.97 Å². The number of piperidine rings is 1. The lowest BCUT2D eigenvalue weighted by Gasteiger charge is -2.31. The van der Waals surface area contributed by atoms with E-state index in [2.05, 4.69) is 20.0 Å². The van der Waals surface area contributed by atoms with Gasteiger partial charge in [-0.05, 0) is 25.0 Å². The Labute approximate surface area is 128 Å². The van der Waals surface area contributed by atoms with Gasteiger partial charge in [-0.2, -0.15) is 4.98 Å². The lowest BCUT2D eigenvalue weighted by molar-refractivity contribution is -0.142. The molecular formula is C15H18N4O3. The summed E-state index contributed by atoms with van der Waals surface area (Å²) in [7, 11) is 0. The van der Waals surface area contributed by atoms with Crippen molar-refractivity contribution in [3.63, 3.8) is 0 Å². The van der Waals surface area contributed by atoms with Crippen LogP contribution in [0, 0.1) is 5.92 Å². The molecular weight excluding hydrogens is 284 g/mol. The lowest BCUT2D eigenvalue weighted by atomic mass is 9.97. The topological polar surface area (TPSA) is 92.4 Å². The molecule has 3 heterocycles. The SMILES string of the molecule is CCc1noc(-c2ccnc(N3CCC(C(=O)O)CC3)c2)n1. The van der Waals surface area contributed by atoms with Crippen molar-refractivity contribution in [2.75, 3.05) is 18.0 Å². The van der Waals surface area contributed by atoms with Crippen LogP contribution in [-0.4, -0.2) is 39.3 Å². The molecule has 0 spiro atoms. The number of aliphatic carboxylic acids is 1.